The Morgan fingerprint density at radius 3 is 2.52 bits per heavy atom. The lowest BCUT2D eigenvalue weighted by Gasteiger charge is -2.38. The quantitative estimate of drug-likeness (QED) is 0.882. The molecule has 0 unspecified atom stereocenters. The van der Waals surface area contributed by atoms with Crippen LogP contribution in [0.15, 0.2) is 30.5 Å². The molecule has 2 saturated heterocycles. The first kappa shape index (κ1) is 16.6. The lowest BCUT2D eigenvalue weighted by atomic mass is 10.0. The number of nitrogens with zero attached hydrogens (tertiary/aromatic N) is 3. The summed E-state index contributed by atoms with van der Waals surface area (Å²) >= 11 is 0. The van der Waals surface area contributed by atoms with Gasteiger partial charge in [-0.15, -0.1) is 0 Å². The number of fused-ring (bicyclic) bond motifs is 1. The van der Waals surface area contributed by atoms with Crippen molar-refractivity contribution in [3.63, 3.8) is 0 Å². The molecule has 4 heterocycles. The molecule has 8 nitrogen and oxygen atoms in total. The normalized spacial score (nSPS) is 20.7. The molecule has 5 rings (SSSR count). The summed E-state index contributed by atoms with van der Waals surface area (Å²) in [5, 5.41) is 3.25. The van der Waals surface area contributed by atoms with E-state index in [9.17, 15) is 0 Å². The fraction of sp³-hybridized carbons (Fsp3) is 0.474. The van der Waals surface area contributed by atoms with Gasteiger partial charge in [-0.25, -0.2) is 4.98 Å². The third kappa shape index (κ3) is 3.38. The minimum atomic E-state index is -0.379. The molecule has 0 amide bonds. The maximum atomic E-state index is 5.80. The topological polar surface area (TPSA) is 78.0 Å². The molecule has 142 valence electrons. The zero-order valence-electron chi connectivity index (χ0n) is 15.0. The monoisotopic (exact) mass is 370 g/mol. The van der Waals surface area contributed by atoms with Gasteiger partial charge in [-0.1, -0.05) is 0 Å². The van der Waals surface area contributed by atoms with Gasteiger partial charge in [0.15, 0.2) is 17.3 Å². The van der Waals surface area contributed by atoms with Crippen LogP contribution in [-0.2, 0) is 9.47 Å². The molecular weight excluding hydrogens is 348 g/mol. The van der Waals surface area contributed by atoms with Crippen LogP contribution in [0.4, 0.5) is 17.5 Å². The molecule has 2 aromatic rings. The molecule has 3 aliphatic rings. The van der Waals surface area contributed by atoms with Gasteiger partial charge in [0.2, 0.25) is 5.95 Å². The summed E-state index contributed by atoms with van der Waals surface area (Å²) in [5.41, 5.74) is 0.863. The minimum Gasteiger partial charge on any atom is -0.486 e. The molecule has 1 aromatic carbocycles. The average Bonchev–Trinajstić information content (AvgIpc) is 3.17. The molecule has 1 N–H and O–H groups in total. The first-order chi connectivity index (χ1) is 13.3. The summed E-state index contributed by atoms with van der Waals surface area (Å²) in [6.45, 7) is 4.22. The van der Waals surface area contributed by atoms with Crippen LogP contribution in [-0.4, -0.2) is 55.3 Å². The highest BCUT2D eigenvalue weighted by Gasteiger charge is 2.40. The summed E-state index contributed by atoms with van der Waals surface area (Å²) in [6, 6.07) is 7.67. The van der Waals surface area contributed by atoms with Crippen molar-refractivity contribution in [2.45, 2.75) is 18.6 Å². The van der Waals surface area contributed by atoms with Crippen molar-refractivity contribution in [3.05, 3.63) is 30.5 Å². The summed E-state index contributed by atoms with van der Waals surface area (Å²) in [6.07, 6.45) is 3.47. The fourth-order valence-electron chi connectivity index (χ4n) is 3.70. The molecular formula is C19H22N4O4. The Hall–Kier alpha value is -2.58. The van der Waals surface area contributed by atoms with E-state index >= 15 is 0 Å². The summed E-state index contributed by atoms with van der Waals surface area (Å²) < 4.78 is 22.8. The van der Waals surface area contributed by atoms with Crippen LogP contribution in [0.1, 0.15) is 12.8 Å². The van der Waals surface area contributed by atoms with Crippen LogP contribution < -0.4 is 19.7 Å². The fourth-order valence-corrected chi connectivity index (χ4v) is 3.70. The predicted molar refractivity (Wildman–Crippen MR) is 98.8 cm³/mol. The Balaban J connectivity index is 1.28. The molecule has 1 spiro atoms. The smallest absolute Gasteiger partial charge is 0.229 e. The van der Waals surface area contributed by atoms with Crippen LogP contribution in [0, 0.1) is 0 Å². The van der Waals surface area contributed by atoms with E-state index in [0.29, 0.717) is 32.4 Å². The highest BCUT2D eigenvalue weighted by Crippen LogP contribution is 2.34. The second-order valence-corrected chi connectivity index (χ2v) is 6.82. The van der Waals surface area contributed by atoms with E-state index < -0.39 is 0 Å². The van der Waals surface area contributed by atoms with Crippen LogP contribution in [0.2, 0.25) is 0 Å². The van der Waals surface area contributed by atoms with Crippen LogP contribution in [0.3, 0.4) is 0 Å². The molecule has 27 heavy (non-hydrogen) atoms. The minimum absolute atomic E-state index is 0.379. The van der Waals surface area contributed by atoms with Crippen LogP contribution in [0.25, 0.3) is 0 Å². The third-order valence-corrected chi connectivity index (χ3v) is 5.10. The van der Waals surface area contributed by atoms with Gasteiger partial charge in [-0.2, -0.15) is 4.98 Å². The highest BCUT2D eigenvalue weighted by molar-refractivity contribution is 5.60. The Labute approximate surface area is 157 Å². The van der Waals surface area contributed by atoms with Crippen LogP contribution >= 0.6 is 0 Å². The molecule has 0 atom stereocenters. The van der Waals surface area contributed by atoms with E-state index in [1.54, 1.807) is 6.20 Å². The molecule has 0 aliphatic carbocycles. The maximum Gasteiger partial charge on any atom is 0.229 e. The number of anilines is 3. The van der Waals surface area contributed by atoms with Crippen LogP contribution in [0.5, 0.6) is 11.5 Å². The van der Waals surface area contributed by atoms with E-state index in [4.69, 9.17) is 18.9 Å². The number of ether oxygens (including phenoxy) is 4. The largest absolute Gasteiger partial charge is 0.486 e. The van der Waals surface area contributed by atoms with Gasteiger partial charge >= 0.3 is 0 Å². The van der Waals surface area contributed by atoms with Crippen molar-refractivity contribution < 1.29 is 18.9 Å². The van der Waals surface area contributed by atoms with Crippen molar-refractivity contribution in [1.29, 1.82) is 0 Å². The van der Waals surface area contributed by atoms with E-state index in [1.165, 1.54) is 0 Å². The van der Waals surface area contributed by atoms with E-state index in [1.807, 2.05) is 24.3 Å². The summed E-state index contributed by atoms with van der Waals surface area (Å²) in [5.74, 6) is 2.58. The maximum absolute atomic E-state index is 5.80. The average molecular weight is 370 g/mol. The van der Waals surface area contributed by atoms with Gasteiger partial charge in [0.25, 0.3) is 0 Å². The van der Waals surface area contributed by atoms with Crippen molar-refractivity contribution >= 4 is 17.5 Å². The SMILES string of the molecule is c1cc(N2CCC3(CC2)OCCO3)nc(Nc2ccc3c(c2)OCCO3)n1. The van der Waals surface area contributed by atoms with Gasteiger partial charge in [0.1, 0.15) is 19.0 Å². The second-order valence-electron chi connectivity index (χ2n) is 6.82. The standard InChI is InChI=1S/C19H22N4O4/c1-2-15-16(25-10-9-24-15)13-14(1)21-18-20-6-3-17(22-18)23-7-4-19(5-8-23)26-11-12-27-19/h1-3,6,13H,4-5,7-12H2,(H,20,21,22). The second kappa shape index (κ2) is 6.86. The number of rotatable bonds is 3. The van der Waals surface area contributed by atoms with Gasteiger partial charge in [-0.05, 0) is 18.2 Å². The molecule has 0 saturated carbocycles. The third-order valence-electron chi connectivity index (χ3n) is 5.10. The Morgan fingerprint density at radius 2 is 1.70 bits per heavy atom. The molecule has 3 aliphatic heterocycles. The molecule has 0 bridgehead atoms. The van der Waals surface area contributed by atoms with Gasteiger partial charge in [0, 0.05) is 43.9 Å². The number of nitrogens with one attached hydrogen (secondary N) is 1. The first-order valence-electron chi connectivity index (χ1n) is 9.32. The van der Waals surface area contributed by atoms with E-state index in [2.05, 4.69) is 20.2 Å². The Bertz CT molecular complexity index is 815. The number of aromatic nitrogens is 2. The highest BCUT2D eigenvalue weighted by atomic mass is 16.7. The number of piperidine rings is 1. The number of benzene rings is 1. The van der Waals surface area contributed by atoms with Gasteiger partial charge in [-0.3, -0.25) is 0 Å². The van der Waals surface area contributed by atoms with Crippen molar-refractivity contribution in [3.8, 4) is 11.5 Å². The predicted octanol–water partition coefficient (Wildman–Crippen LogP) is 2.33. The van der Waals surface area contributed by atoms with Gasteiger partial charge in [0.05, 0.1) is 13.2 Å². The molecule has 2 fully saturated rings. The Morgan fingerprint density at radius 1 is 0.926 bits per heavy atom. The summed E-state index contributed by atoms with van der Waals surface area (Å²) in [7, 11) is 0. The first-order valence-corrected chi connectivity index (χ1v) is 9.32. The lowest BCUT2D eigenvalue weighted by molar-refractivity contribution is -0.169. The van der Waals surface area contributed by atoms with Gasteiger partial charge < -0.3 is 29.2 Å². The van der Waals surface area contributed by atoms with E-state index in [-0.39, 0.29) is 5.79 Å². The van der Waals surface area contributed by atoms with Crippen molar-refractivity contribution in [2.75, 3.05) is 49.7 Å². The lowest BCUT2D eigenvalue weighted by Crippen LogP contribution is -2.45. The zero-order valence-corrected chi connectivity index (χ0v) is 15.0. The zero-order chi connectivity index (χ0) is 18.1. The summed E-state index contributed by atoms with van der Waals surface area (Å²) in [4.78, 5) is 11.3. The Kier molecular flexibility index (Phi) is 4.21. The van der Waals surface area contributed by atoms with Crippen molar-refractivity contribution in [1.82, 2.24) is 9.97 Å². The molecule has 8 heteroatoms. The molecule has 0 radical (unpaired) electrons. The van der Waals surface area contributed by atoms with E-state index in [0.717, 1.165) is 48.9 Å². The molecule has 1 aromatic heterocycles. The van der Waals surface area contributed by atoms with Crippen molar-refractivity contribution in [2.24, 2.45) is 0 Å². The number of hydrogen-bond donors (Lipinski definition) is 1. The number of hydrogen-bond acceptors (Lipinski definition) is 8.